The van der Waals surface area contributed by atoms with Crippen molar-refractivity contribution in [2.24, 2.45) is 0 Å². The van der Waals surface area contributed by atoms with Crippen molar-refractivity contribution in [2.75, 3.05) is 20.8 Å². The normalized spacial score (nSPS) is 27.1. The first-order valence-corrected chi connectivity index (χ1v) is 9.52. The van der Waals surface area contributed by atoms with E-state index in [9.17, 15) is 19.7 Å². The van der Waals surface area contributed by atoms with E-state index in [-0.39, 0.29) is 12.4 Å². The highest BCUT2D eigenvalue weighted by atomic mass is 35.5. The lowest BCUT2D eigenvalue weighted by Gasteiger charge is -2.40. The number of aliphatic hydroxyl groups excluding tert-OH is 3. The molecule has 5 atom stereocenters. The van der Waals surface area contributed by atoms with Crippen LogP contribution in [0.5, 0.6) is 5.75 Å². The van der Waals surface area contributed by atoms with Crippen LogP contribution < -0.4 is 4.74 Å². The lowest BCUT2D eigenvalue weighted by Crippen LogP contribution is -2.55. The number of hydrogen-bond donors (Lipinski definition) is 3. The predicted octanol–water partition coefficient (Wildman–Crippen LogP) is 2.25. The molecule has 0 spiro atoms. The first-order chi connectivity index (χ1) is 13.8. The fourth-order valence-corrected chi connectivity index (χ4v) is 3.66. The second-order valence-electron chi connectivity index (χ2n) is 7.02. The van der Waals surface area contributed by atoms with Crippen LogP contribution >= 0.6 is 11.6 Å². The molecule has 0 radical (unpaired) electrons. The molecule has 1 aliphatic rings. The summed E-state index contributed by atoms with van der Waals surface area (Å²) in [6.07, 6.45) is -5.30. The zero-order chi connectivity index (χ0) is 21.1. The third-order valence-electron chi connectivity index (χ3n) is 5.05. The van der Waals surface area contributed by atoms with Crippen LogP contribution in [-0.2, 0) is 15.9 Å². The van der Waals surface area contributed by atoms with Gasteiger partial charge in [-0.05, 0) is 41.3 Å². The molecule has 0 saturated carbocycles. The Kier molecular flexibility index (Phi) is 7.10. The van der Waals surface area contributed by atoms with Gasteiger partial charge in [-0.1, -0.05) is 29.8 Å². The molecule has 2 aromatic rings. The van der Waals surface area contributed by atoms with Gasteiger partial charge in [0.05, 0.1) is 13.7 Å². The van der Waals surface area contributed by atoms with Gasteiger partial charge in [0.15, 0.2) is 11.6 Å². The van der Waals surface area contributed by atoms with Crippen LogP contribution in [0.1, 0.15) is 22.8 Å². The van der Waals surface area contributed by atoms with E-state index in [1.165, 1.54) is 20.3 Å². The molecule has 0 amide bonds. The second-order valence-corrected chi connectivity index (χ2v) is 7.43. The molecular weight excluding hydrogens is 403 g/mol. The minimum atomic E-state index is -1.39. The van der Waals surface area contributed by atoms with Gasteiger partial charge in [-0.3, -0.25) is 0 Å². The van der Waals surface area contributed by atoms with Gasteiger partial charge in [0, 0.05) is 12.1 Å². The van der Waals surface area contributed by atoms with Gasteiger partial charge in [-0.25, -0.2) is 4.39 Å². The lowest BCUT2D eigenvalue weighted by atomic mass is 9.90. The van der Waals surface area contributed by atoms with E-state index in [2.05, 4.69) is 0 Å². The number of benzene rings is 2. The molecule has 158 valence electrons. The minimum Gasteiger partial charge on any atom is -0.494 e. The van der Waals surface area contributed by atoms with E-state index in [1.807, 2.05) is 0 Å². The van der Waals surface area contributed by atoms with Crippen molar-refractivity contribution in [3.63, 3.8) is 0 Å². The standard InChI is InChI=1S/C21H24ClFO6/c1-27-10-17-18(24)19(25)20(26)21(29-17)12-4-5-14(22)13(9-12)7-11-3-6-16(28-2)15(23)8-11/h3-6,8-9,17-21,24-26H,7,10H2,1-2H3/t17-,18-,19+,20-,21+/m1/s1. The monoisotopic (exact) mass is 426 g/mol. The summed E-state index contributed by atoms with van der Waals surface area (Å²) in [5.74, 6) is -0.313. The molecule has 0 aromatic heterocycles. The van der Waals surface area contributed by atoms with Gasteiger partial charge in [0.1, 0.15) is 30.5 Å². The Morgan fingerprint density at radius 3 is 2.45 bits per heavy atom. The summed E-state index contributed by atoms with van der Waals surface area (Å²) in [7, 11) is 2.85. The summed E-state index contributed by atoms with van der Waals surface area (Å²) in [6, 6.07) is 9.75. The summed E-state index contributed by atoms with van der Waals surface area (Å²) in [5.41, 5.74) is 1.98. The van der Waals surface area contributed by atoms with Crippen LogP contribution in [0.4, 0.5) is 4.39 Å². The average molecular weight is 427 g/mol. The minimum absolute atomic E-state index is 0.0625. The van der Waals surface area contributed by atoms with Crippen molar-refractivity contribution in [1.82, 2.24) is 0 Å². The van der Waals surface area contributed by atoms with Gasteiger partial charge < -0.3 is 29.5 Å². The molecule has 1 heterocycles. The van der Waals surface area contributed by atoms with Crippen molar-refractivity contribution in [2.45, 2.75) is 36.9 Å². The number of aliphatic hydroxyl groups is 3. The molecule has 1 aliphatic heterocycles. The van der Waals surface area contributed by atoms with Crippen molar-refractivity contribution >= 4 is 11.6 Å². The number of methoxy groups -OCH3 is 2. The molecule has 29 heavy (non-hydrogen) atoms. The summed E-state index contributed by atoms with van der Waals surface area (Å²) in [5, 5.41) is 31.2. The summed E-state index contributed by atoms with van der Waals surface area (Å²) < 4.78 is 29.8. The fourth-order valence-electron chi connectivity index (χ4n) is 3.48. The molecule has 0 aliphatic carbocycles. The zero-order valence-electron chi connectivity index (χ0n) is 16.1. The number of rotatable bonds is 6. The van der Waals surface area contributed by atoms with Crippen LogP contribution in [0.25, 0.3) is 0 Å². The lowest BCUT2D eigenvalue weighted by molar-refractivity contribution is -0.233. The summed E-state index contributed by atoms with van der Waals surface area (Å²) in [6.45, 7) is 0.0625. The number of hydrogen-bond acceptors (Lipinski definition) is 6. The third-order valence-corrected chi connectivity index (χ3v) is 5.42. The Labute approximate surface area is 173 Å². The largest absolute Gasteiger partial charge is 0.494 e. The molecule has 3 rings (SSSR count). The van der Waals surface area contributed by atoms with Gasteiger partial charge in [-0.15, -0.1) is 0 Å². The molecule has 0 unspecified atom stereocenters. The van der Waals surface area contributed by atoms with Crippen LogP contribution in [0.15, 0.2) is 36.4 Å². The van der Waals surface area contributed by atoms with Gasteiger partial charge in [0.2, 0.25) is 0 Å². The first-order valence-electron chi connectivity index (χ1n) is 9.15. The quantitative estimate of drug-likeness (QED) is 0.656. The van der Waals surface area contributed by atoms with E-state index in [0.29, 0.717) is 28.1 Å². The Balaban J connectivity index is 1.87. The van der Waals surface area contributed by atoms with E-state index in [4.69, 9.17) is 25.8 Å². The Bertz CT molecular complexity index is 848. The molecule has 1 saturated heterocycles. The van der Waals surface area contributed by atoms with Gasteiger partial charge in [-0.2, -0.15) is 0 Å². The molecule has 6 nitrogen and oxygen atoms in total. The molecule has 8 heteroatoms. The zero-order valence-corrected chi connectivity index (χ0v) is 16.8. The van der Waals surface area contributed by atoms with E-state index in [0.717, 1.165) is 0 Å². The fraction of sp³-hybridized carbons (Fsp3) is 0.429. The summed E-state index contributed by atoms with van der Waals surface area (Å²) in [4.78, 5) is 0. The van der Waals surface area contributed by atoms with Gasteiger partial charge in [0.25, 0.3) is 0 Å². The van der Waals surface area contributed by atoms with Crippen LogP contribution in [0.2, 0.25) is 5.02 Å². The number of halogens is 2. The van der Waals surface area contributed by atoms with Crippen molar-refractivity contribution < 1.29 is 33.9 Å². The highest BCUT2D eigenvalue weighted by Crippen LogP contribution is 2.34. The Hall–Kier alpha value is -1.74. The first kappa shape index (κ1) is 22.0. The highest BCUT2D eigenvalue weighted by molar-refractivity contribution is 6.31. The second kappa shape index (κ2) is 9.38. The third kappa shape index (κ3) is 4.71. The Morgan fingerprint density at radius 2 is 1.79 bits per heavy atom. The van der Waals surface area contributed by atoms with Crippen LogP contribution in [-0.4, -0.2) is 60.6 Å². The highest BCUT2D eigenvalue weighted by Gasteiger charge is 2.44. The molecule has 2 aromatic carbocycles. The van der Waals surface area contributed by atoms with Crippen LogP contribution in [0.3, 0.4) is 0 Å². The smallest absolute Gasteiger partial charge is 0.165 e. The summed E-state index contributed by atoms with van der Waals surface area (Å²) >= 11 is 6.32. The Morgan fingerprint density at radius 1 is 1.03 bits per heavy atom. The van der Waals surface area contributed by atoms with E-state index >= 15 is 0 Å². The molecule has 3 N–H and O–H groups in total. The SMILES string of the molecule is COC[C@H]1O[C@@H](c2ccc(Cl)c(Cc3ccc(OC)c(F)c3)c2)[C@H](O)[C@@H](O)[C@@H]1O. The topological polar surface area (TPSA) is 88.4 Å². The van der Waals surface area contributed by atoms with Gasteiger partial charge >= 0.3 is 0 Å². The van der Waals surface area contributed by atoms with Crippen molar-refractivity contribution in [1.29, 1.82) is 0 Å². The maximum Gasteiger partial charge on any atom is 0.165 e. The van der Waals surface area contributed by atoms with Crippen molar-refractivity contribution in [3.8, 4) is 5.75 Å². The average Bonchev–Trinajstić information content (AvgIpc) is 2.70. The predicted molar refractivity (Wildman–Crippen MR) is 105 cm³/mol. The molecule has 0 bridgehead atoms. The molecule has 1 fully saturated rings. The van der Waals surface area contributed by atoms with E-state index < -0.39 is 36.3 Å². The molecular formula is C21H24ClFO6. The maximum atomic E-state index is 14.0. The van der Waals surface area contributed by atoms with E-state index in [1.54, 1.807) is 30.3 Å². The van der Waals surface area contributed by atoms with Crippen molar-refractivity contribution in [3.05, 3.63) is 63.9 Å². The maximum absolute atomic E-state index is 14.0. The number of ether oxygens (including phenoxy) is 3. The van der Waals surface area contributed by atoms with Crippen LogP contribution in [0, 0.1) is 5.82 Å².